The maximum Gasteiger partial charge on any atom is 0.225 e. The molecule has 4 atom stereocenters. The van der Waals surface area contributed by atoms with Crippen molar-refractivity contribution < 1.29 is 13.9 Å². The highest BCUT2D eigenvalue weighted by molar-refractivity contribution is 6.35. The summed E-state index contributed by atoms with van der Waals surface area (Å²) < 4.78 is 25.5. The molecule has 2 aliphatic rings. The number of hydrogen-bond acceptors (Lipinski definition) is 7. The van der Waals surface area contributed by atoms with E-state index in [0.29, 0.717) is 46.8 Å². The van der Waals surface area contributed by atoms with Gasteiger partial charge in [-0.25, -0.2) is 9.37 Å². The predicted octanol–water partition coefficient (Wildman–Crippen LogP) is 7.44. The summed E-state index contributed by atoms with van der Waals surface area (Å²) in [6, 6.07) is 11.1. The number of carbonyl (C=O) groups is 1. The highest BCUT2D eigenvalue weighted by Crippen LogP contribution is 2.43. The summed E-state index contributed by atoms with van der Waals surface area (Å²) in [5.74, 6) is -0.475. The molecule has 2 saturated heterocycles. The molecule has 1 amide bonds. The van der Waals surface area contributed by atoms with Crippen molar-refractivity contribution in [1.29, 1.82) is 10.5 Å². The van der Waals surface area contributed by atoms with Crippen LogP contribution in [-0.4, -0.2) is 68.8 Å². The Morgan fingerprint density at radius 1 is 1.27 bits per heavy atom. The first kappa shape index (κ1) is 33.1. The van der Waals surface area contributed by atoms with Crippen LogP contribution < -0.4 is 4.74 Å². The number of piperidine rings is 1. The molecule has 2 aromatic heterocycles. The summed E-state index contributed by atoms with van der Waals surface area (Å²) in [7, 11) is 2.07. The SMILES string of the molecule is C=C/C=C\c1cccc(-c2c(Cl)cc3c(nc(O[C@@H](C)[C@@H]4CCCN4C)c4cnn([C@H]5CCN(C(C)=O)[C@H](CC#N)C5)c43)c2F)c1C#N. The molecule has 0 radical (unpaired) electrons. The molecular formula is C37H37ClFN7O2. The van der Waals surface area contributed by atoms with E-state index in [4.69, 9.17) is 26.4 Å². The lowest BCUT2D eigenvalue weighted by atomic mass is 9.93. The molecule has 48 heavy (non-hydrogen) atoms. The van der Waals surface area contributed by atoms with Crippen LogP contribution in [-0.2, 0) is 4.79 Å². The number of likely N-dealkylation sites (N-methyl/N-ethyl adjacent to an activating group) is 1. The monoisotopic (exact) mass is 665 g/mol. The number of amides is 1. The quantitative estimate of drug-likeness (QED) is 0.180. The third-order valence-corrected chi connectivity index (χ3v) is 10.1. The van der Waals surface area contributed by atoms with Crippen molar-refractivity contribution >= 4 is 45.4 Å². The summed E-state index contributed by atoms with van der Waals surface area (Å²) in [5.41, 5.74) is 1.98. The van der Waals surface area contributed by atoms with Gasteiger partial charge in [-0.15, -0.1) is 0 Å². The van der Waals surface area contributed by atoms with E-state index in [-0.39, 0.29) is 64.1 Å². The maximum absolute atomic E-state index is 17.0. The van der Waals surface area contributed by atoms with Gasteiger partial charge in [0.15, 0.2) is 5.82 Å². The number of halogens is 2. The van der Waals surface area contributed by atoms with E-state index in [1.54, 1.807) is 53.6 Å². The minimum Gasteiger partial charge on any atom is -0.472 e. The Kier molecular flexibility index (Phi) is 9.50. The first-order valence-corrected chi connectivity index (χ1v) is 16.6. The summed E-state index contributed by atoms with van der Waals surface area (Å²) in [6.45, 7) is 8.67. The zero-order valence-electron chi connectivity index (χ0n) is 27.3. The highest BCUT2D eigenvalue weighted by Gasteiger charge is 2.34. The third-order valence-electron chi connectivity index (χ3n) is 9.76. The standard InChI is InChI=1S/C37H37ClFN7O2/c1-5-6-9-24-10-7-11-27(29(24)20-41)33-31(38)19-28-35(34(33)39)43-37(48-22(2)32-12-8-16-44(32)4)30-21-42-46(36(28)30)26-14-17-45(23(3)47)25(18-26)13-15-40/h5-7,9-11,19,21-22,25-26,32H,1,8,12-14,16-18H2,2-4H3/b9-6-/t22-,25+,26-,32-/m0/s1. The van der Waals surface area contributed by atoms with E-state index >= 15 is 4.39 Å². The van der Waals surface area contributed by atoms with Gasteiger partial charge >= 0.3 is 0 Å². The minimum absolute atomic E-state index is 0.0521. The molecule has 4 heterocycles. The number of carbonyl (C=O) groups excluding carboxylic acids is 1. The fraction of sp³-hybridized carbons (Fsp3) is 0.378. The number of allylic oxidation sites excluding steroid dienone is 2. The second kappa shape index (κ2) is 13.8. The van der Waals surface area contributed by atoms with Crippen molar-refractivity contribution in [2.45, 2.75) is 70.2 Å². The van der Waals surface area contributed by atoms with Gasteiger partial charge in [-0.1, -0.05) is 54.6 Å². The lowest BCUT2D eigenvalue weighted by Crippen LogP contribution is -2.45. The summed E-state index contributed by atoms with van der Waals surface area (Å²) in [4.78, 5) is 21.2. The van der Waals surface area contributed by atoms with Crippen LogP contribution in [0.4, 0.5) is 4.39 Å². The van der Waals surface area contributed by atoms with Gasteiger partial charge in [0, 0.05) is 42.1 Å². The Balaban J connectivity index is 1.56. The molecule has 0 bridgehead atoms. The van der Waals surface area contributed by atoms with Crippen LogP contribution in [0, 0.1) is 28.5 Å². The zero-order valence-corrected chi connectivity index (χ0v) is 28.0. The van der Waals surface area contributed by atoms with Gasteiger partial charge in [-0.05, 0) is 57.8 Å². The van der Waals surface area contributed by atoms with E-state index in [1.165, 1.54) is 6.92 Å². The number of benzene rings is 2. The molecular weight excluding hydrogens is 629 g/mol. The van der Waals surface area contributed by atoms with Gasteiger partial charge in [-0.3, -0.25) is 14.4 Å². The normalized spacial score (nSPS) is 20.6. The molecule has 0 N–H and O–H groups in total. The Bertz CT molecular complexity index is 2030. The van der Waals surface area contributed by atoms with Gasteiger partial charge < -0.3 is 9.64 Å². The average molecular weight is 666 g/mol. The van der Waals surface area contributed by atoms with E-state index in [0.717, 1.165) is 19.4 Å². The van der Waals surface area contributed by atoms with Crippen LogP contribution in [0.2, 0.25) is 5.02 Å². The Morgan fingerprint density at radius 2 is 2.08 bits per heavy atom. The zero-order chi connectivity index (χ0) is 34.1. The number of hydrogen-bond donors (Lipinski definition) is 0. The molecule has 9 nitrogen and oxygen atoms in total. The fourth-order valence-electron chi connectivity index (χ4n) is 7.42. The highest BCUT2D eigenvalue weighted by atomic mass is 35.5. The molecule has 4 aromatic rings. The second-order valence-corrected chi connectivity index (χ2v) is 13.0. The third kappa shape index (κ3) is 5.91. The van der Waals surface area contributed by atoms with Crippen LogP contribution in [0.5, 0.6) is 5.88 Å². The number of nitrogens with zero attached hydrogens (tertiary/aromatic N) is 7. The number of likely N-dealkylation sites (tertiary alicyclic amines) is 2. The van der Waals surface area contributed by atoms with E-state index < -0.39 is 5.82 Å². The Hall–Kier alpha value is -4.77. The van der Waals surface area contributed by atoms with Gasteiger partial charge in [0.2, 0.25) is 11.8 Å². The van der Waals surface area contributed by atoms with E-state index in [9.17, 15) is 15.3 Å². The molecule has 2 aliphatic heterocycles. The van der Waals surface area contributed by atoms with Crippen molar-refractivity contribution in [3.63, 3.8) is 0 Å². The van der Waals surface area contributed by atoms with Crippen molar-refractivity contribution in [3.8, 4) is 29.1 Å². The number of rotatable bonds is 8. The Morgan fingerprint density at radius 3 is 2.77 bits per heavy atom. The molecule has 11 heteroatoms. The molecule has 0 aliphatic carbocycles. The maximum atomic E-state index is 17.0. The topological polar surface area (TPSA) is 111 Å². The van der Waals surface area contributed by atoms with Crippen molar-refractivity contribution in [2.75, 3.05) is 20.1 Å². The van der Waals surface area contributed by atoms with Gasteiger partial charge in [0.1, 0.15) is 17.7 Å². The van der Waals surface area contributed by atoms with Crippen molar-refractivity contribution in [2.24, 2.45) is 0 Å². The minimum atomic E-state index is -0.669. The van der Waals surface area contributed by atoms with Crippen molar-refractivity contribution in [1.82, 2.24) is 24.6 Å². The summed E-state index contributed by atoms with van der Waals surface area (Å²) >= 11 is 6.92. The Labute approximate surface area is 284 Å². The van der Waals surface area contributed by atoms with Crippen LogP contribution in [0.3, 0.4) is 0 Å². The smallest absolute Gasteiger partial charge is 0.225 e. The molecule has 6 rings (SSSR count). The molecule has 0 spiro atoms. The molecule has 246 valence electrons. The first-order chi connectivity index (χ1) is 23.2. The van der Waals surface area contributed by atoms with Crippen LogP contribution >= 0.6 is 11.6 Å². The molecule has 2 aromatic carbocycles. The molecule has 2 fully saturated rings. The van der Waals surface area contributed by atoms with Crippen LogP contribution in [0.15, 0.2) is 49.2 Å². The van der Waals surface area contributed by atoms with Crippen LogP contribution in [0.1, 0.15) is 63.1 Å². The van der Waals surface area contributed by atoms with Crippen molar-refractivity contribution in [3.05, 3.63) is 71.2 Å². The van der Waals surface area contributed by atoms with Crippen LogP contribution in [0.25, 0.3) is 39.0 Å². The van der Waals surface area contributed by atoms with Gasteiger partial charge in [-0.2, -0.15) is 15.6 Å². The largest absolute Gasteiger partial charge is 0.472 e. The second-order valence-electron chi connectivity index (χ2n) is 12.6. The average Bonchev–Trinajstić information content (AvgIpc) is 3.71. The van der Waals surface area contributed by atoms with Gasteiger partial charge in [0.25, 0.3) is 0 Å². The first-order valence-electron chi connectivity index (χ1n) is 16.2. The summed E-state index contributed by atoms with van der Waals surface area (Å²) in [6.07, 6.45) is 9.88. The number of fused-ring (bicyclic) bond motifs is 3. The number of ether oxygens (including phenoxy) is 1. The van der Waals surface area contributed by atoms with Gasteiger partial charge in [0.05, 0.1) is 46.2 Å². The molecule has 0 saturated carbocycles. The predicted molar refractivity (Wildman–Crippen MR) is 185 cm³/mol. The van der Waals surface area contributed by atoms with E-state index in [2.05, 4.69) is 30.7 Å². The summed E-state index contributed by atoms with van der Waals surface area (Å²) in [5, 5.41) is 25.7. The lowest BCUT2D eigenvalue weighted by Gasteiger charge is -2.38. The fourth-order valence-corrected chi connectivity index (χ4v) is 7.72. The number of pyridine rings is 1. The number of aromatic nitrogens is 3. The lowest BCUT2D eigenvalue weighted by molar-refractivity contribution is -0.132. The van der Waals surface area contributed by atoms with E-state index in [1.807, 2.05) is 11.6 Å². The molecule has 0 unspecified atom stereocenters. The number of nitriles is 2.